The van der Waals surface area contributed by atoms with E-state index < -0.39 is 0 Å². The van der Waals surface area contributed by atoms with E-state index in [0.717, 1.165) is 16.9 Å². The first kappa shape index (κ1) is 12.1. The highest BCUT2D eigenvalue weighted by atomic mass is 15.0. The summed E-state index contributed by atoms with van der Waals surface area (Å²) < 4.78 is 2.25. The van der Waals surface area contributed by atoms with Crippen LogP contribution in [0.2, 0.25) is 0 Å². The van der Waals surface area contributed by atoms with Crippen LogP contribution in [-0.2, 0) is 6.54 Å². The van der Waals surface area contributed by atoms with Crippen LogP contribution >= 0.6 is 0 Å². The first-order chi connectivity index (χ1) is 10.4. The van der Waals surface area contributed by atoms with Gasteiger partial charge in [0.25, 0.3) is 0 Å². The molecular weight excluding hydrogens is 258 g/mol. The number of aromatic nitrogens is 2. The molecule has 2 aromatic heterocycles. The Bertz CT molecular complexity index is 923. The van der Waals surface area contributed by atoms with Crippen molar-refractivity contribution < 1.29 is 0 Å². The van der Waals surface area contributed by atoms with Crippen molar-refractivity contribution in [1.82, 2.24) is 9.55 Å². The summed E-state index contributed by atoms with van der Waals surface area (Å²) in [6.45, 7) is 0.459. The van der Waals surface area contributed by atoms with Crippen LogP contribution in [0.5, 0.6) is 0 Å². The van der Waals surface area contributed by atoms with Crippen LogP contribution < -0.4 is 5.73 Å². The normalized spacial score (nSPS) is 11.3. The largest absolute Gasteiger partial charge is 0.325 e. The van der Waals surface area contributed by atoms with Crippen molar-refractivity contribution in [3.05, 3.63) is 72.6 Å². The minimum atomic E-state index is 0.459. The summed E-state index contributed by atoms with van der Waals surface area (Å²) in [6, 6.07) is 20.9. The summed E-state index contributed by atoms with van der Waals surface area (Å²) in [4.78, 5) is 4.46. The van der Waals surface area contributed by atoms with Gasteiger partial charge in [0, 0.05) is 23.0 Å². The molecule has 3 nitrogen and oxygen atoms in total. The molecular formula is C18H15N3. The molecule has 0 saturated heterocycles. The monoisotopic (exact) mass is 273 g/mol. The summed E-state index contributed by atoms with van der Waals surface area (Å²) in [5, 5.41) is 2.43. The number of pyridine rings is 1. The minimum absolute atomic E-state index is 0.459. The lowest BCUT2D eigenvalue weighted by atomic mass is 10.1. The summed E-state index contributed by atoms with van der Waals surface area (Å²) in [6.07, 6.45) is 1.92. The lowest BCUT2D eigenvalue weighted by Crippen LogP contribution is -1.99. The van der Waals surface area contributed by atoms with E-state index in [2.05, 4.69) is 64.1 Å². The second kappa shape index (κ2) is 4.72. The quantitative estimate of drug-likeness (QED) is 0.606. The molecule has 0 saturated carbocycles. The Kier molecular flexibility index (Phi) is 2.72. The predicted octanol–water partition coefficient (Wildman–Crippen LogP) is 3.64. The first-order valence-electron chi connectivity index (χ1n) is 7.02. The smallest absolute Gasteiger partial charge is 0.0724 e. The van der Waals surface area contributed by atoms with Crippen molar-refractivity contribution in [1.29, 1.82) is 0 Å². The zero-order chi connectivity index (χ0) is 14.2. The van der Waals surface area contributed by atoms with E-state index >= 15 is 0 Å². The van der Waals surface area contributed by atoms with E-state index in [-0.39, 0.29) is 0 Å². The molecule has 0 fully saturated rings. The zero-order valence-electron chi connectivity index (χ0n) is 11.5. The molecule has 0 atom stereocenters. The topological polar surface area (TPSA) is 43.8 Å². The Morgan fingerprint density at radius 3 is 2.43 bits per heavy atom. The molecule has 0 aliphatic heterocycles. The van der Waals surface area contributed by atoms with Crippen LogP contribution in [0.1, 0.15) is 5.69 Å². The maximum Gasteiger partial charge on any atom is 0.0724 e. The number of rotatable bonds is 2. The van der Waals surface area contributed by atoms with Gasteiger partial charge >= 0.3 is 0 Å². The summed E-state index contributed by atoms with van der Waals surface area (Å²) in [7, 11) is 0. The van der Waals surface area contributed by atoms with Crippen molar-refractivity contribution in [3.8, 4) is 5.69 Å². The Morgan fingerprint density at radius 2 is 1.62 bits per heavy atom. The van der Waals surface area contributed by atoms with Gasteiger partial charge in [0.05, 0.1) is 22.9 Å². The van der Waals surface area contributed by atoms with Gasteiger partial charge in [0.1, 0.15) is 0 Å². The van der Waals surface area contributed by atoms with E-state index in [0.29, 0.717) is 6.54 Å². The van der Waals surface area contributed by atoms with Gasteiger partial charge in [-0.2, -0.15) is 0 Å². The lowest BCUT2D eigenvalue weighted by molar-refractivity contribution is 0.994. The highest BCUT2D eigenvalue weighted by Crippen LogP contribution is 2.31. The van der Waals surface area contributed by atoms with Crippen molar-refractivity contribution >= 4 is 21.8 Å². The third-order valence-electron chi connectivity index (χ3n) is 3.84. The fraction of sp³-hybridized carbons (Fsp3) is 0.0556. The van der Waals surface area contributed by atoms with Gasteiger partial charge in [-0.05, 0) is 24.3 Å². The van der Waals surface area contributed by atoms with Crippen LogP contribution in [0.4, 0.5) is 0 Å². The van der Waals surface area contributed by atoms with Crippen molar-refractivity contribution in [2.24, 2.45) is 5.73 Å². The second-order valence-corrected chi connectivity index (χ2v) is 5.09. The van der Waals surface area contributed by atoms with Crippen molar-refractivity contribution in [2.75, 3.05) is 0 Å². The fourth-order valence-electron chi connectivity index (χ4n) is 2.88. The van der Waals surface area contributed by atoms with Gasteiger partial charge in [-0.1, -0.05) is 36.4 Å². The van der Waals surface area contributed by atoms with Crippen LogP contribution in [0.15, 0.2) is 66.9 Å². The number of hydrogen-bond acceptors (Lipinski definition) is 2. The standard InChI is InChI=1S/C18H15N3/c19-11-13-10-16-15-8-4-5-9-17(15)21(18(16)12-20-13)14-6-2-1-3-7-14/h1-10,12H,11,19H2. The lowest BCUT2D eigenvalue weighted by Gasteiger charge is -2.07. The number of benzene rings is 2. The first-order valence-corrected chi connectivity index (χ1v) is 7.02. The molecule has 21 heavy (non-hydrogen) atoms. The van der Waals surface area contributed by atoms with Gasteiger partial charge in [0.15, 0.2) is 0 Å². The SMILES string of the molecule is NCc1cc2c3ccccc3n(-c3ccccc3)c2cn1. The average molecular weight is 273 g/mol. The third-order valence-corrected chi connectivity index (χ3v) is 3.84. The molecule has 0 amide bonds. The Hall–Kier alpha value is -2.65. The van der Waals surface area contributed by atoms with E-state index in [4.69, 9.17) is 5.73 Å². The molecule has 2 N–H and O–H groups in total. The Labute approximate surface area is 122 Å². The minimum Gasteiger partial charge on any atom is -0.325 e. The van der Waals surface area contributed by atoms with Crippen LogP contribution in [0, 0.1) is 0 Å². The maximum absolute atomic E-state index is 5.73. The molecule has 0 bridgehead atoms. The molecule has 0 spiro atoms. The molecule has 2 heterocycles. The van der Waals surface area contributed by atoms with E-state index in [1.54, 1.807) is 0 Å². The summed E-state index contributed by atoms with van der Waals surface area (Å²) in [5.74, 6) is 0. The highest BCUT2D eigenvalue weighted by Gasteiger charge is 2.12. The molecule has 0 radical (unpaired) electrons. The van der Waals surface area contributed by atoms with E-state index in [1.165, 1.54) is 16.3 Å². The molecule has 4 aromatic rings. The fourth-order valence-corrected chi connectivity index (χ4v) is 2.88. The molecule has 102 valence electrons. The molecule has 2 aromatic carbocycles. The molecule has 4 rings (SSSR count). The molecule has 0 unspecified atom stereocenters. The number of hydrogen-bond donors (Lipinski definition) is 1. The molecule has 0 aliphatic rings. The number of nitrogens with two attached hydrogens (primary N) is 1. The molecule has 0 aliphatic carbocycles. The van der Waals surface area contributed by atoms with Crippen LogP contribution in [-0.4, -0.2) is 9.55 Å². The third kappa shape index (κ3) is 1.82. The zero-order valence-corrected chi connectivity index (χ0v) is 11.5. The molecule has 3 heteroatoms. The van der Waals surface area contributed by atoms with Gasteiger partial charge in [-0.25, -0.2) is 0 Å². The highest BCUT2D eigenvalue weighted by molar-refractivity contribution is 6.09. The van der Waals surface area contributed by atoms with Crippen molar-refractivity contribution in [2.45, 2.75) is 6.54 Å². The van der Waals surface area contributed by atoms with Crippen molar-refractivity contribution in [3.63, 3.8) is 0 Å². The Morgan fingerprint density at radius 1 is 0.857 bits per heavy atom. The number of fused-ring (bicyclic) bond motifs is 3. The average Bonchev–Trinajstić information content (AvgIpc) is 2.89. The van der Waals surface area contributed by atoms with Gasteiger partial charge in [-0.3, -0.25) is 4.98 Å². The maximum atomic E-state index is 5.73. The van der Waals surface area contributed by atoms with Gasteiger partial charge < -0.3 is 10.3 Å². The second-order valence-electron chi connectivity index (χ2n) is 5.09. The van der Waals surface area contributed by atoms with Gasteiger partial charge in [0.2, 0.25) is 0 Å². The number of para-hydroxylation sites is 2. The summed E-state index contributed by atoms with van der Waals surface area (Å²) in [5.41, 5.74) is 10.1. The predicted molar refractivity (Wildman–Crippen MR) is 86.5 cm³/mol. The van der Waals surface area contributed by atoms with Gasteiger partial charge in [-0.15, -0.1) is 0 Å². The van der Waals surface area contributed by atoms with E-state index in [9.17, 15) is 0 Å². The summed E-state index contributed by atoms with van der Waals surface area (Å²) >= 11 is 0. The van der Waals surface area contributed by atoms with Crippen LogP contribution in [0.25, 0.3) is 27.5 Å². The Balaban J connectivity index is 2.17. The van der Waals surface area contributed by atoms with Crippen LogP contribution in [0.3, 0.4) is 0 Å². The number of nitrogens with zero attached hydrogens (tertiary/aromatic N) is 2. The van der Waals surface area contributed by atoms with E-state index in [1.807, 2.05) is 12.3 Å².